The Kier molecular flexibility index (Phi) is 4.99. The van der Waals surface area contributed by atoms with Crippen molar-refractivity contribution in [2.45, 2.75) is 77.5 Å². The van der Waals surface area contributed by atoms with Crippen LogP contribution in [0.4, 0.5) is 0 Å². The predicted octanol–water partition coefficient (Wildman–Crippen LogP) is 2.57. The summed E-state index contributed by atoms with van der Waals surface area (Å²) in [5.74, 6) is 0.223. The number of nitrogens with one attached hydrogen (secondary N) is 1. The number of rotatable bonds is 3. The third kappa shape index (κ3) is 3.78. The second-order valence-electron chi connectivity index (χ2n) is 8.02. The summed E-state index contributed by atoms with van der Waals surface area (Å²) >= 11 is 0. The maximum atomic E-state index is 12.7. The fourth-order valence-corrected chi connectivity index (χ4v) is 3.93. The van der Waals surface area contributed by atoms with Gasteiger partial charge in [-0.25, -0.2) is 0 Å². The Morgan fingerprint density at radius 1 is 1.24 bits per heavy atom. The summed E-state index contributed by atoms with van der Waals surface area (Å²) in [5, 5.41) is 3.53. The van der Waals surface area contributed by atoms with E-state index in [0.717, 1.165) is 19.6 Å². The van der Waals surface area contributed by atoms with E-state index in [-0.39, 0.29) is 23.5 Å². The number of carbonyl (C=O) groups is 1. The molecule has 2 fully saturated rings. The van der Waals surface area contributed by atoms with Crippen molar-refractivity contribution in [1.82, 2.24) is 10.2 Å². The topological polar surface area (TPSA) is 41.6 Å². The Morgan fingerprint density at radius 2 is 1.90 bits per heavy atom. The SMILES string of the molecule is CC(C)[C@@H](C(=O)OC(C)(C)C)N1CCC[C@]12CCCNC2. The zero-order valence-corrected chi connectivity index (χ0v) is 14.4. The lowest BCUT2D eigenvalue weighted by Gasteiger charge is -2.46. The van der Waals surface area contributed by atoms with Crippen LogP contribution in [0.2, 0.25) is 0 Å². The van der Waals surface area contributed by atoms with Gasteiger partial charge in [0.1, 0.15) is 11.6 Å². The molecular formula is C17H32N2O2. The zero-order chi connectivity index (χ0) is 15.7. The maximum absolute atomic E-state index is 12.7. The van der Waals surface area contributed by atoms with Gasteiger partial charge in [0.05, 0.1) is 0 Å². The Balaban J connectivity index is 2.19. The molecule has 4 heteroatoms. The van der Waals surface area contributed by atoms with Crippen molar-refractivity contribution in [3.63, 3.8) is 0 Å². The summed E-state index contributed by atoms with van der Waals surface area (Å²) in [6.45, 7) is 13.3. The van der Waals surface area contributed by atoms with Gasteiger partial charge in [0.25, 0.3) is 0 Å². The van der Waals surface area contributed by atoms with E-state index in [9.17, 15) is 4.79 Å². The van der Waals surface area contributed by atoms with Gasteiger partial charge in [-0.1, -0.05) is 13.8 Å². The maximum Gasteiger partial charge on any atom is 0.324 e. The average molecular weight is 296 g/mol. The van der Waals surface area contributed by atoms with Gasteiger partial charge in [0, 0.05) is 12.1 Å². The molecule has 1 N–H and O–H groups in total. The normalized spacial score (nSPS) is 29.0. The Labute approximate surface area is 129 Å². The van der Waals surface area contributed by atoms with E-state index in [1.165, 1.54) is 25.7 Å². The van der Waals surface area contributed by atoms with Crippen LogP contribution in [0.5, 0.6) is 0 Å². The van der Waals surface area contributed by atoms with Crippen molar-refractivity contribution in [3.8, 4) is 0 Å². The molecule has 2 aliphatic heterocycles. The highest BCUT2D eigenvalue weighted by Gasteiger charge is 2.48. The fourth-order valence-electron chi connectivity index (χ4n) is 3.93. The molecule has 0 aliphatic carbocycles. The van der Waals surface area contributed by atoms with Gasteiger partial charge in [0.2, 0.25) is 0 Å². The molecule has 2 atom stereocenters. The molecule has 0 radical (unpaired) electrons. The van der Waals surface area contributed by atoms with Crippen LogP contribution < -0.4 is 5.32 Å². The molecule has 1 spiro atoms. The standard InChI is InChI=1S/C17H32N2O2/c1-13(2)14(15(20)21-16(3,4)5)19-11-7-9-17(19)8-6-10-18-12-17/h13-14,18H,6-12H2,1-5H3/t14-,17-/m0/s1. The van der Waals surface area contributed by atoms with E-state index in [4.69, 9.17) is 4.74 Å². The highest BCUT2D eigenvalue weighted by atomic mass is 16.6. The zero-order valence-electron chi connectivity index (χ0n) is 14.4. The summed E-state index contributed by atoms with van der Waals surface area (Å²) < 4.78 is 5.71. The minimum Gasteiger partial charge on any atom is -0.459 e. The van der Waals surface area contributed by atoms with Crippen molar-refractivity contribution in [2.24, 2.45) is 5.92 Å². The number of hydrogen-bond acceptors (Lipinski definition) is 4. The van der Waals surface area contributed by atoms with E-state index in [1.807, 2.05) is 20.8 Å². The Morgan fingerprint density at radius 3 is 2.43 bits per heavy atom. The van der Waals surface area contributed by atoms with Gasteiger partial charge in [-0.2, -0.15) is 0 Å². The second-order valence-corrected chi connectivity index (χ2v) is 8.02. The highest BCUT2D eigenvalue weighted by Crippen LogP contribution is 2.38. The molecule has 4 nitrogen and oxygen atoms in total. The molecule has 21 heavy (non-hydrogen) atoms. The van der Waals surface area contributed by atoms with Gasteiger partial charge in [0.15, 0.2) is 0 Å². The molecule has 0 unspecified atom stereocenters. The molecule has 0 saturated carbocycles. The van der Waals surface area contributed by atoms with Gasteiger partial charge in [-0.3, -0.25) is 9.69 Å². The number of piperidine rings is 1. The molecule has 0 aromatic rings. The molecule has 2 rings (SSSR count). The Bertz CT molecular complexity index is 367. The van der Waals surface area contributed by atoms with Crippen LogP contribution >= 0.6 is 0 Å². The van der Waals surface area contributed by atoms with Crippen molar-refractivity contribution in [2.75, 3.05) is 19.6 Å². The van der Waals surface area contributed by atoms with Crippen LogP contribution in [0.15, 0.2) is 0 Å². The first kappa shape index (κ1) is 16.8. The van der Waals surface area contributed by atoms with E-state index < -0.39 is 5.60 Å². The number of carbonyl (C=O) groups excluding carboxylic acids is 1. The average Bonchev–Trinajstić information content (AvgIpc) is 2.71. The summed E-state index contributed by atoms with van der Waals surface area (Å²) in [6.07, 6.45) is 4.79. The van der Waals surface area contributed by atoms with Crippen LogP contribution in [-0.4, -0.2) is 47.7 Å². The van der Waals surface area contributed by atoms with Crippen molar-refractivity contribution >= 4 is 5.97 Å². The molecule has 2 saturated heterocycles. The molecule has 2 aliphatic rings. The molecule has 122 valence electrons. The largest absolute Gasteiger partial charge is 0.459 e. The minimum atomic E-state index is -0.415. The van der Waals surface area contributed by atoms with Crippen LogP contribution in [0.1, 0.15) is 60.3 Å². The number of hydrogen-bond donors (Lipinski definition) is 1. The monoisotopic (exact) mass is 296 g/mol. The first-order valence-corrected chi connectivity index (χ1v) is 8.45. The van der Waals surface area contributed by atoms with Gasteiger partial charge in [-0.15, -0.1) is 0 Å². The molecule has 2 heterocycles. The number of likely N-dealkylation sites (tertiary alicyclic amines) is 1. The van der Waals surface area contributed by atoms with Crippen molar-refractivity contribution in [1.29, 1.82) is 0 Å². The van der Waals surface area contributed by atoms with Crippen molar-refractivity contribution in [3.05, 3.63) is 0 Å². The minimum absolute atomic E-state index is 0.0515. The first-order chi connectivity index (χ1) is 9.75. The summed E-state index contributed by atoms with van der Waals surface area (Å²) in [4.78, 5) is 15.2. The van der Waals surface area contributed by atoms with Gasteiger partial charge in [-0.05, 0) is 65.5 Å². The quantitative estimate of drug-likeness (QED) is 0.813. The van der Waals surface area contributed by atoms with Gasteiger partial charge < -0.3 is 10.1 Å². The number of ether oxygens (including phenoxy) is 1. The third-order valence-corrected chi connectivity index (χ3v) is 4.72. The number of esters is 1. The third-order valence-electron chi connectivity index (χ3n) is 4.72. The van der Waals surface area contributed by atoms with Crippen LogP contribution in [0, 0.1) is 5.92 Å². The van der Waals surface area contributed by atoms with Crippen LogP contribution in [0.3, 0.4) is 0 Å². The van der Waals surface area contributed by atoms with E-state index in [1.54, 1.807) is 0 Å². The predicted molar refractivity (Wildman–Crippen MR) is 85.2 cm³/mol. The lowest BCUT2D eigenvalue weighted by molar-refractivity contribution is -0.166. The van der Waals surface area contributed by atoms with Crippen LogP contribution in [0.25, 0.3) is 0 Å². The smallest absolute Gasteiger partial charge is 0.324 e. The molecule has 0 amide bonds. The van der Waals surface area contributed by atoms with E-state index in [2.05, 4.69) is 24.1 Å². The first-order valence-electron chi connectivity index (χ1n) is 8.45. The highest BCUT2D eigenvalue weighted by molar-refractivity contribution is 5.76. The van der Waals surface area contributed by atoms with E-state index >= 15 is 0 Å². The fraction of sp³-hybridized carbons (Fsp3) is 0.941. The molecule has 0 bridgehead atoms. The van der Waals surface area contributed by atoms with Crippen LogP contribution in [-0.2, 0) is 9.53 Å². The summed E-state index contributed by atoms with van der Waals surface area (Å²) in [5.41, 5.74) is -0.244. The van der Waals surface area contributed by atoms with Crippen molar-refractivity contribution < 1.29 is 9.53 Å². The number of nitrogens with zero attached hydrogens (tertiary/aromatic N) is 1. The van der Waals surface area contributed by atoms with E-state index in [0.29, 0.717) is 0 Å². The summed E-state index contributed by atoms with van der Waals surface area (Å²) in [6, 6.07) is -0.119. The second kappa shape index (κ2) is 6.25. The lowest BCUT2D eigenvalue weighted by atomic mass is 9.85. The van der Waals surface area contributed by atoms with Gasteiger partial charge >= 0.3 is 5.97 Å². The molecule has 0 aromatic heterocycles. The lowest BCUT2D eigenvalue weighted by Crippen LogP contribution is -2.61. The Hall–Kier alpha value is -0.610. The summed E-state index contributed by atoms with van der Waals surface area (Å²) in [7, 11) is 0. The molecular weight excluding hydrogens is 264 g/mol. The molecule has 0 aromatic carbocycles.